The number of amides is 1. The molecule has 0 aliphatic rings. The Morgan fingerprint density at radius 1 is 1.06 bits per heavy atom. The fourth-order valence-corrected chi connectivity index (χ4v) is 5.25. The van der Waals surface area contributed by atoms with E-state index in [-0.39, 0.29) is 11.7 Å². The SMILES string of the molecule is CCCS(=O)(=O)Nc1ccc(-c2c(C#N)c3ccc(C(=O)N(CC)CC)cc3n2CC)cc1. The van der Waals surface area contributed by atoms with Crippen LogP contribution in [-0.2, 0) is 16.6 Å². The first-order valence-electron chi connectivity index (χ1n) is 11.3. The summed E-state index contributed by atoms with van der Waals surface area (Å²) in [5.41, 5.74) is 4.00. The Hall–Kier alpha value is -3.31. The number of fused-ring (bicyclic) bond motifs is 1. The minimum Gasteiger partial charge on any atom is -0.340 e. The Balaban J connectivity index is 2.09. The topological polar surface area (TPSA) is 95.2 Å². The molecule has 0 spiro atoms. The maximum Gasteiger partial charge on any atom is 0.253 e. The first-order chi connectivity index (χ1) is 15.8. The summed E-state index contributed by atoms with van der Waals surface area (Å²) in [5, 5.41) is 10.8. The molecule has 0 aliphatic heterocycles. The summed E-state index contributed by atoms with van der Waals surface area (Å²) < 4.78 is 28.7. The van der Waals surface area contributed by atoms with Crippen molar-refractivity contribution in [1.82, 2.24) is 9.47 Å². The summed E-state index contributed by atoms with van der Waals surface area (Å²) >= 11 is 0. The second kappa shape index (κ2) is 10.1. The van der Waals surface area contributed by atoms with Gasteiger partial charge in [0.05, 0.1) is 22.5 Å². The Morgan fingerprint density at radius 2 is 1.73 bits per heavy atom. The van der Waals surface area contributed by atoms with Crippen LogP contribution in [0.5, 0.6) is 0 Å². The number of nitrogens with zero attached hydrogens (tertiary/aromatic N) is 3. The Kier molecular flexibility index (Phi) is 7.44. The molecule has 1 N–H and O–H groups in total. The minimum atomic E-state index is -3.38. The molecular weight excluding hydrogens is 436 g/mol. The van der Waals surface area contributed by atoms with Crippen molar-refractivity contribution in [3.8, 4) is 17.3 Å². The lowest BCUT2D eigenvalue weighted by molar-refractivity contribution is 0.0773. The smallest absolute Gasteiger partial charge is 0.253 e. The zero-order valence-electron chi connectivity index (χ0n) is 19.6. The molecule has 33 heavy (non-hydrogen) atoms. The molecule has 0 saturated carbocycles. The third kappa shape index (κ3) is 4.88. The van der Waals surface area contributed by atoms with Crippen LogP contribution in [0.3, 0.4) is 0 Å². The lowest BCUT2D eigenvalue weighted by Gasteiger charge is -2.18. The van der Waals surface area contributed by atoms with Gasteiger partial charge >= 0.3 is 0 Å². The number of nitrogens with one attached hydrogen (secondary N) is 1. The lowest BCUT2D eigenvalue weighted by Crippen LogP contribution is -2.30. The molecule has 0 bridgehead atoms. The molecule has 0 fully saturated rings. The fourth-order valence-electron chi connectivity index (χ4n) is 4.11. The first-order valence-corrected chi connectivity index (χ1v) is 12.9. The van der Waals surface area contributed by atoms with E-state index in [1.165, 1.54) is 0 Å². The lowest BCUT2D eigenvalue weighted by atomic mass is 10.0. The number of sulfonamides is 1. The molecule has 1 heterocycles. The van der Waals surface area contributed by atoms with Crippen molar-refractivity contribution in [2.24, 2.45) is 0 Å². The van der Waals surface area contributed by atoms with E-state index in [4.69, 9.17) is 0 Å². The second-order valence-electron chi connectivity index (χ2n) is 7.79. The molecule has 8 heteroatoms. The van der Waals surface area contributed by atoms with E-state index in [0.29, 0.717) is 42.9 Å². The van der Waals surface area contributed by atoms with Gasteiger partial charge in [0.15, 0.2) is 0 Å². The average Bonchev–Trinajstić information content (AvgIpc) is 3.12. The number of hydrogen-bond donors (Lipinski definition) is 1. The van der Waals surface area contributed by atoms with Gasteiger partial charge in [0.2, 0.25) is 10.0 Å². The van der Waals surface area contributed by atoms with Crippen molar-refractivity contribution in [2.45, 2.75) is 40.7 Å². The van der Waals surface area contributed by atoms with Gasteiger partial charge < -0.3 is 9.47 Å². The summed E-state index contributed by atoms with van der Waals surface area (Å²) in [5.74, 6) is 0.0286. The number of anilines is 1. The predicted octanol–water partition coefficient (Wildman–Crippen LogP) is 4.83. The minimum absolute atomic E-state index is 0.0328. The van der Waals surface area contributed by atoms with Crippen LogP contribution in [-0.4, -0.2) is 42.6 Å². The highest BCUT2D eigenvalue weighted by Crippen LogP contribution is 2.35. The van der Waals surface area contributed by atoms with Crippen molar-refractivity contribution < 1.29 is 13.2 Å². The normalized spacial score (nSPS) is 11.4. The largest absolute Gasteiger partial charge is 0.340 e. The molecule has 0 atom stereocenters. The van der Waals surface area contributed by atoms with E-state index < -0.39 is 10.0 Å². The molecule has 174 valence electrons. The third-order valence-electron chi connectivity index (χ3n) is 5.69. The summed E-state index contributed by atoms with van der Waals surface area (Å²) in [6, 6.07) is 14.8. The van der Waals surface area contributed by atoms with E-state index in [0.717, 1.165) is 22.2 Å². The Bertz CT molecular complexity index is 1300. The highest BCUT2D eigenvalue weighted by molar-refractivity contribution is 7.92. The molecule has 3 rings (SSSR count). The molecular formula is C25H30N4O3S. The van der Waals surface area contributed by atoms with Crippen LogP contribution in [0.15, 0.2) is 42.5 Å². The second-order valence-corrected chi connectivity index (χ2v) is 9.63. The summed E-state index contributed by atoms with van der Waals surface area (Å²) in [4.78, 5) is 14.6. The van der Waals surface area contributed by atoms with Crippen molar-refractivity contribution in [2.75, 3.05) is 23.6 Å². The number of benzene rings is 2. The third-order valence-corrected chi connectivity index (χ3v) is 7.19. The number of carbonyl (C=O) groups excluding carboxylic acids is 1. The van der Waals surface area contributed by atoms with Crippen molar-refractivity contribution in [3.05, 3.63) is 53.6 Å². The van der Waals surface area contributed by atoms with Gasteiger partial charge in [-0.25, -0.2) is 8.42 Å². The van der Waals surface area contributed by atoms with E-state index in [2.05, 4.69) is 10.8 Å². The monoisotopic (exact) mass is 466 g/mol. The summed E-state index contributed by atoms with van der Waals surface area (Å²) in [7, 11) is -3.38. The van der Waals surface area contributed by atoms with E-state index in [1.807, 2.05) is 56.5 Å². The average molecular weight is 467 g/mol. The van der Waals surface area contributed by atoms with E-state index >= 15 is 0 Å². The van der Waals surface area contributed by atoms with E-state index in [9.17, 15) is 18.5 Å². The first kappa shape index (κ1) is 24.3. The Labute approximate surface area is 195 Å². The summed E-state index contributed by atoms with van der Waals surface area (Å²) in [6.07, 6.45) is 0.536. The zero-order valence-corrected chi connectivity index (χ0v) is 20.4. The molecule has 2 aromatic carbocycles. The van der Waals surface area contributed by atoms with Crippen LogP contribution in [0, 0.1) is 11.3 Å². The van der Waals surface area contributed by atoms with Gasteiger partial charge in [-0.05, 0) is 57.0 Å². The predicted molar refractivity (Wildman–Crippen MR) is 133 cm³/mol. The number of hydrogen-bond acceptors (Lipinski definition) is 4. The molecule has 1 amide bonds. The number of nitriles is 1. The highest BCUT2D eigenvalue weighted by Gasteiger charge is 2.21. The standard InChI is InChI=1S/C25H30N4O3S/c1-5-15-33(31,32)27-20-12-9-18(10-13-20)24-22(17-26)21-14-11-19(16-23(21)29(24)8-4)25(30)28(6-2)7-3/h9-14,16,27H,5-8,15H2,1-4H3. The molecule has 0 unspecified atom stereocenters. The van der Waals surface area contributed by atoms with Crippen LogP contribution >= 0.6 is 0 Å². The van der Waals surface area contributed by atoms with Gasteiger partial charge in [-0.2, -0.15) is 5.26 Å². The van der Waals surface area contributed by atoms with Crippen LogP contribution in [0.1, 0.15) is 50.0 Å². The van der Waals surface area contributed by atoms with Gasteiger partial charge in [0.25, 0.3) is 5.91 Å². The molecule has 0 radical (unpaired) electrons. The maximum atomic E-state index is 12.9. The number of carbonyl (C=O) groups is 1. The van der Waals surface area contributed by atoms with Gasteiger partial charge in [0.1, 0.15) is 6.07 Å². The van der Waals surface area contributed by atoms with Crippen LogP contribution in [0.25, 0.3) is 22.2 Å². The van der Waals surface area contributed by atoms with Crippen molar-refractivity contribution in [1.29, 1.82) is 5.26 Å². The molecule has 7 nitrogen and oxygen atoms in total. The van der Waals surface area contributed by atoms with Crippen LogP contribution in [0.2, 0.25) is 0 Å². The van der Waals surface area contributed by atoms with Crippen molar-refractivity contribution in [3.63, 3.8) is 0 Å². The quantitative estimate of drug-likeness (QED) is 0.488. The van der Waals surface area contributed by atoms with Crippen LogP contribution < -0.4 is 4.72 Å². The van der Waals surface area contributed by atoms with Gasteiger partial charge in [0, 0.05) is 36.3 Å². The maximum absolute atomic E-state index is 12.9. The number of aromatic nitrogens is 1. The van der Waals surface area contributed by atoms with Gasteiger partial charge in [-0.15, -0.1) is 0 Å². The molecule has 3 aromatic rings. The Morgan fingerprint density at radius 3 is 2.27 bits per heavy atom. The van der Waals surface area contributed by atoms with Gasteiger partial charge in [-0.3, -0.25) is 9.52 Å². The summed E-state index contributed by atoms with van der Waals surface area (Å²) in [6.45, 7) is 9.59. The van der Waals surface area contributed by atoms with E-state index in [1.54, 1.807) is 23.1 Å². The number of aryl methyl sites for hydroxylation is 1. The highest BCUT2D eigenvalue weighted by atomic mass is 32.2. The fraction of sp³-hybridized carbons (Fsp3) is 0.360. The molecule has 0 aliphatic carbocycles. The molecule has 0 saturated heterocycles. The zero-order chi connectivity index (χ0) is 24.2. The molecule has 1 aromatic heterocycles. The number of rotatable bonds is 9. The van der Waals surface area contributed by atoms with Crippen LogP contribution in [0.4, 0.5) is 5.69 Å². The van der Waals surface area contributed by atoms with Gasteiger partial charge in [-0.1, -0.05) is 25.1 Å². The van der Waals surface area contributed by atoms with Crippen molar-refractivity contribution >= 4 is 32.5 Å².